The molecule has 0 aromatic rings. The lowest BCUT2D eigenvalue weighted by molar-refractivity contribution is -0.280. The predicted octanol–water partition coefficient (Wildman–Crippen LogP) is 1.11. The van der Waals surface area contributed by atoms with Crippen molar-refractivity contribution < 1.29 is 22.7 Å². The molecule has 4 nitrogen and oxygen atoms in total. The number of rotatable bonds is 1. The number of carbonyl (C=O) groups excluding carboxylic acids is 1. The number of alkyl halides is 3. The van der Waals surface area contributed by atoms with Crippen LogP contribution >= 0.6 is 0 Å². The summed E-state index contributed by atoms with van der Waals surface area (Å²) in [5.41, 5.74) is 2.69. The zero-order valence-electron chi connectivity index (χ0n) is 8.30. The third-order valence-corrected chi connectivity index (χ3v) is 2.67. The second kappa shape index (κ2) is 3.88. The Morgan fingerprint density at radius 3 is 2.53 bits per heavy atom. The standard InChI is InChI=1S/C8H13F3N2O2/c1-15-7(8(9,10)11)3-2-4-13(5-7)6(12)14/h2-5H2,1H3,(H2,12,14). The van der Waals surface area contributed by atoms with Crippen LogP contribution in [-0.4, -0.2) is 42.9 Å². The lowest BCUT2D eigenvalue weighted by Gasteiger charge is -2.41. The summed E-state index contributed by atoms with van der Waals surface area (Å²) in [5, 5.41) is 0. The summed E-state index contributed by atoms with van der Waals surface area (Å²) in [7, 11) is 0.998. The smallest absolute Gasteiger partial charge is 0.367 e. The van der Waals surface area contributed by atoms with E-state index in [9.17, 15) is 18.0 Å². The van der Waals surface area contributed by atoms with Gasteiger partial charge in [-0.15, -0.1) is 0 Å². The molecule has 0 saturated carbocycles. The molecular formula is C8H13F3N2O2. The van der Waals surface area contributed by atoms with Crippen molar-refractivity contribution in [2.24, 2.45) is 5.73 Å². The van der Waals surface area contributed by atoms with E-state index in [0.717, 1.165) is 12.0 Å². The molecule has 0 bridgehead atoms. The van der Waals surface area contributed by atoms with Gasteiger partial charge in [-0.3, -0.25) is 0 Å². The zero-order chi connectivity index (χ0) is 11.7. The first-order valence-electron chi connectivity index (χ1n) is 4.49. The van der Waals surface area contributed by atoms with Crippen LogP contribution in [0.4, 0.5) is 18.0 Å². The number of nitrogens with two attached hydrogens (primary N) is 1. The fraction of sp³-hybridized carbons (Fsp3) is 0.875. The van der Waals surface area contributed by atoms with Crippen LogP contribution in [0.1, 0.15) is 12.8 Å². The molecule has 0 aliphatic carbocycles. The Balaban J connectivity index is 2.87. The van der Waals surface area contributed by atoms with Gasteiger partial charge in [-0.1, -0.05) is 0 Å². The van der Waals surface area contributed by atoms with Crippen molar-refractivity contribution in [1.82, 2.24) is 4.90 Å². The van der Waals surface area contributed by atoms with Crippen molar-refractivity contribution in [1.29, 1.82) is 0 Å². The van der Waals surface area contributed by atoms with E-state index in [1.807, 2.05) is 0 Å². The van der Waals surface area contributed by atoms with Gasteiger partial charge in [-0.2, -0.15) is 13.2 Å². The van der Waals surface area contributed by atoms with Gasteiger partial charge in [0.1, 0.15) is 0 Å². The number of methoxy groups -OCH3 is 1. The van der Waals surface area contributed by atoms with Gasteiger partial charge in [0, 0.05) is 13.7 Å². The van der Waals surface area contributed by atoms with E-state index in [1.165, 1.54) is 0 Å². The number of hydrogen-bond donors (Lipinski definition) is 1. The van der Waals surface area contributed by atoms with Gasteiger partial charge in [0.05, 0.1) is 6.54 Å². The largest absolute Gasteiger partial charge is 0.419 e. The lowest BCUT2D eigenvalue weighted by atomic mass is 9.92. The van der Waals surface area contributed by atoms with Crippen LogP contribution in [0.3, 0.4) is 0 Å². The van der Waals surface area contributed by atoms with Gasteiger partial charge in [-0.25, -0.2) is 4.79 Å². The molecule has 1 atom stereocenters. The average Bonchev–Trinajstić information content (AvgIpc) is 2.16. The Labute approximate surface area is 85.2 Å². The number of hydrogen-bond acceptors (Lipinski definition) is 2. The summed E-state index contributed by atoms with van der Waals surface area (Å²) < 4.78 is 42.7. The number of likely N-dealkylation sites (tertiary alicyclic amines) is 1. The molecule has 1 heterocycles. The molecule has 2 amide bonds. The van der Waals surface area contributed by atoms with E-state index in [1.54, 1.807) is 0 Å². The zero-order valence-corrected chi connectivity index (χ0v) is 8.30. The Bertz CT molecular complexity index is 257. The highest BCUT2D eigenvalue weighted by Gasteiger charge is 2.57. The second-order valence-electron chi connectivity index (χ2n) is 3.56. The van der Waals surface area contributed by atoms with E-state index in [4.69, 9.17) is 5.73 Å². The highest BCUT2D eigenvalue weighted by molar-refractivity contribution is 5.72. The van der Waals surface area contributed by atoms with Gasteiger partial charge in [0.2, 0.25) is 0 Å². The maximum absolute atomic E-state index is 12.7. The van der Waals surface area contributed by atoms with Gasteiger partial charge < -0.3 is 15.4 Å². The van der Waals surface area contributed by atoms with Gasteiger partial charge in [0.25, 0.3) is 0 Å². The van der Waals surface area contributed by atoms with Crippen molar-refractivity contribution in [3.05, 3.63) is 0 Å². The summed E-state index contributed by atoms with van der Waals surface area (Å²) in [5.74, 6) is 0. The monoisotopic (exact) mass is 226 g/mol. The maximum atomic E-state index is 12.7. The highest BCUT2D eigenvalue weighted by Crippen LogP contribution is 2.39. The van der Waals surface area contributed by atoms with Crippen LogP contribution in [0.2, 0.25) is 0 Å². The quantitative estimate of drug-likeness (QED) is 0.728. The lowest BCUT2D eigenvalue weighted by Crippen LogP contribution is -2.60. The number of carbonyl (C=O) groups is 1. The Morgan fingerprint density at radius 2 is 2.13 bits per heavy atom. The molecule has 0 aromatic heterocycles. The van der Waals surface area contributed by atoms with E-state index < -0.39 is 24.4 Å². The molecule has 2 N–H and O–H groups in total. The Hall–Kier alpha value is -0.980. The molecular weight excluding hydrogens is 213 g/mol. The summed E-state index contributed by atoms with van der Waals surface area (Å²) in [4.78, 5) is 11.8. The van der Waals surface area contributed by atoms with Crippen molar-refractivity contribution in [3.63, 3.8) is 0 Å². The first-order chi connectivity index (χ1) is 6.82. The topological polar surface area (TPSA) is 55.6 Å². The molecule has 1 rings (SSSR count). The number of ether oxygens (including phenoxy) is 1. The minimum atomic E-state index is -4.49. The highest BCUT2D eigenvalue weighted by atomic mass is 19.4. The predicted molar refractivity (Wildman–Crippen MR) is 46.2 cm³/mol. The van der Waals surface area contributed by atoms with Crippen LogP contribution in [0, 0.1) is 0 Å². The van der Waals surface area contributed by atoms with E-state index in [0.29, 0.717) is 0 Å². The van der Waals surface area contributed by atoms with Crippen molar-refractivity contribution in [3.8, 4) is 0 Å². The molecule has 1 saturated heterocycles. The first-order valence-corrected chi connectivity index (χ1v) is 4.49. The summed E-state index contributed by atoms with van der Waals surface area (Å²) in [6.45, 7) is -0.279. The molecule has 1 aliphatic heterocycles. The number of amides is 2. The summed E-state index contributed by atoms with van der Waals surface area (Å²) >= 11 is 0. The molecule has 0 radical (unpaired) electrons. The number of urea groups is 1. The normalized spacial score (nSPS) is 27.9. The molecule has 88 valence electrons. The minimum Gasteiger partial charge on any atom is -0.367 e. The van der Waals surface area contributed by atoms with Crippen molar-refractivity contribution in [2.75, 3.05) is 20.2 Å². The van der Waals surface area contributed by atoms with E-state index in [-0.39, 0.29) is 19.4 Å². The maximum Gasteiger partial charge on any atom is 0.419 e. The van der Waals surface area contributed by atoms with Crippen LogP contribution < -0.4 is 5.73 Å². The van der Waals surface area contributed by atoms with Gasteiger partial charge >= 0.3 is 12.2 Å². The summed E-state index contributed by atoms with van der Waals surface area (Å²) in [6, 6.07) is -0.847. The van der Waals surface area contributed by atoms with Crippen molar-refractivity contribution in [2.45, 2.75) is 24.6 Å². The fourth-order valence-corrected chi connectivity index (χ4v) is 1.72. The molecule has 0 aromatic carbocycles. The van der Waals surface area contributed by atoms with Gasteiger partial charge in [0.15, 0.2) is 5.60 Å². The van der Waals surface area contributed by atoms with Crippen LogP contribution in [-0.2, 0) is 4.74 Å². The third-order valence-electron chi connectivity index (χ3n) is 2.67. The first kappa shape index (κ1) is 12.1. The second-order valence-corrected chi connectivity index (χ2v) is 3.56. The molecule has 1 unspecified atom stereocenters. The van der Waals surface area contributed by atoms with Crippen LogP contribution in [0.5, 0.6) is 0 Å². The number of piperidine rings is 1. The fourth-order valence-electron chi connectivity index (χ4n) is 1.72. The Kier molecular flexibility index (Phi) is 3.13. The SMILES string of the molecule is COC1(C(F)(F)F)CCCN(C(N)=O)C1. The average molecular weight is 226 g/mol. The van der Waals surface area contributed by atoms with Gasteiger partial charge in [-0.05, 0) is 12.8 Å². The number of primary amides is 1. The molecule has 15 heavy (non-hydrogen) atoms. The Morgan fingerprint density at radius 1 is 1.53 bits per heavy atom. The van der Waals surface area contributed by atoms with E-state index in [2.05, 4.69) is 4.74 Å². The number of nitrogens with zero attached hydrogens (tertiary/aromatic N) is 1. The number of halogens is 3. The summed E-state index contributed by atoms with van der Waals surface area (Å²) in [6.07, 6.45) is -4.40. The molecule has 1 fully saturated rings. The third kappa shape index (κ3) is 2.17. The minimum absolute atomic E-state index is 0.142. The van der Waals surface area contributed by atoms with E-state index >= 15 is 0 Å². The van der Waals surface area contributed by atoms with Crippen LogP contribution in [0.25, 0.3) is 0 Å². The van der Waals surface area contributed by atoms with Crippen LogP contribution in [0.15, 0.2) is 0 Å². The molecule has 1 aliphatic rings. The van der Waals surface area contributed by atoms with Crippen molar-refractivity contribution >= 4 is 6.03 Å². The molecule has 7 heteroatoms. The molecule has 0 spiro atoms.